The molecule has 1 unspecified atom stereocenters. The molecular formula is C34H46N4O4. The monoisotopic (exact) mass is 574 g/mol. The van der Waals surface area contributed by atoms with Crippen molar-refractivity contribution in [2.45, 2.75) is 97.0 Å². The number of rotatable bonds is 10. The molecule has 2 amide bonds. The van der Waals surface area contributed by atoms with Crippen LogP contribution in [0.5, 0.6) is 0 Å². The Labute approximate surface area is 249 Å². The topological polar surface area (TPSA) is 101 Å². The molecular weight excluding hydrogens is 528 g/mol. The largest absolute Gasteiger partial charge is 0.460 e. The molecule has 0 fully saturated rings. The van der Waals surface area contributed by atoms with Gasteiger partial charge in [-0.2, -0.15) is 0 Å². The Kier molecular flexibility index (Phi) is 11.6. The van der Waals surface area contributed by atoms with E-state index in [1.807, 2.05) is 63.2 Å². The fraction of sp³-hybridized carbons (Fsp3) is 0.500. The van der Waals surface area contributed by atoms with Crippen LogP contribution in [0.15, 0.2) is 60.8 Å². The van der Waals surface area contributed by atoms with Gasteiger partial charge >= 0.3 is 5.97 Å². The molecule has 0 aliphatic carbocycles. The van der Waals surface area contributed by atoms with Crippen LogP contribution in [0.25, 0.3) is 10.9 Å². The van der Waals surface area contributed by atoms with E-state index in [0.29, 0.717) is 25.8 Å². The number of nitrogens with one attached hydrogen (secondary N) is 3. The van der Waals surface area contributed by atoms with Gasteiger partial charge in [-0.05, 0) is 48.8 Å². The molecule has 8 nitrogen and oxygen atoms in total. The van der Waals surface area contributed by atoms with Crippen LogP contribution in [0.3, 0.4) is 0 Å². The summed E-state index contributed by atoms with van der Waals surface area (Å²) in [5.74, 6) is -0.670. The number of amides is 2. The van der Waals surface area contributed by atoms with Crippen LogP contribution in [-0.2, 0) is 38.7 Å². The Morgan fingerprint density at radius 1 is 1.00 bits per heavy atom. The standard InChI is InChI=1S/C34H46N4O4/c1-4-28(34(41)42-23-25-14-8-7-9-15-25)36-29(20-24(2)3)33(40)37-30-21-26-22-38(31-17-11-10-16-27(26)31)19-13-6-5-12-18-35-32(30)39/h7-11,14-17,22,24,28-30,36H,4-6,12-13,18-21,23H2,1-3H3,(H,35,39)(H,37,40)/t28?,29-,30+/m1/s1. The van der Waals surface area contributed by atoms with E-state index in [2.05, 4.69) is 38.8 Å². The van der Waals surface area contributed by atoms with E-state index in [9.17, 15) is 14.4 Å². The smallest absolute Gasteiger partial charge is 0.323 e. The zero-order valence-electron chi connectivity index (χ0n) is 25.2. The maximum absolute atomic E-state index is 13.8. The third kappa shape index (κ3) is 8.68. The molecule has 8 heteroatoms. The fourth-order valence-corrected chi connectivity index (χ4v) is 5.61. The van der Waals surface area contributed by atoms with E-state index >= 15 is 0 Å². The highest BCUT2D eigenvalue weighted by Gasteiger charge is 2.30. The SMILES string of the molecule is CCC(N[C@H](CC(C)C)C(=O)N[C@H]1Cc2cn(c3ccccc23)CCCCCCNC1=O)C(=O)OCc1ccccc1. The predicted octanol–water partition coefficient (Wildman–Crippen LogP) is 4.89. The lowest BCUT2D eigenvalue weighted by Gasteiger charge is -2.27. The number of esters is 1. The van der Waals surface area contributed by atoms with Crippen LogP contribution in [0, 0.1) is 5.92 Å². The molecule has 3 atom stereocenters. The second-order valence-electron chi connectivity index (χ2n) is 11.7. The summed E-state index contributed by atoms with van der Waals surface area (Å²) in [6.45, 7) is 7.66. The normalized spacial score (nSPS) is 17.8. The molecule has 42 heavy (non-hydrogen) atoms. The minimum absolute atomic E-state index is 0.175. The number of carbonyl (C=O) groups is 3. The number of benzene rings is 2. The highest BCUT2D eigenvalue weighted by Crippen LogP contribution is 2.24. The van der Waals surface area contributed by atoms with Gasteiger partial charge in [-0.15, -0.1) is 0 Å². The van der Waals surface area contributed by atoms with E-state index < -0.39 is 24.1 Å². The van der Waals surface area contributed by atoms with Crippen LogP contribution in [0.4, 0.5) is 0 Å². The van der Waals surface area contributed by atoms with Crippen molar-refractivity contribution in [2.75, 3.05) is 6.54 Å². The number of hydrogen-bond acceptors (Lipinski definition) is 5. The van der Waals surface area contributed by atoms with E-state index in [0.717, 1.165) is 54.3 Å². The van der Waals surface area contributed by atoms with Crippen LogP contribution in [-0.4, -0.2) is 47.0 Å². The highest BCUT2D eigenvalue weighted by atomic mass is 16.5. The first-order chi connectivity index (χ1) is 20.4. The Bertz CT molecular complexity index is 1320. The van der Waals surface area contributed by atoms with E-state index in [4.69, 9.17) is 4.74 Å². The highest BCUT2D eigenvalue weighted by molar-refractivity contribution is 5.91. The minimum Gasteiger partial charge on any atom is -0.460 e. The van der Waals surface area contributed by atoms with Crippen LogP contribution in [0.1, 0.15) is 70.4 Å². The Morgan fingerprint density at radius 3 is 2.50 bits per heavy atom. The van der Waals surface area contributed by atoms with Gasteiger partial charge in [0.15, 0.2) is 0 Å². The molecule has 3 N–H and O–H groups in total. The molecule has 1 aliphatic rings. The number of nitrogens with zero attached hydrogens (tertiary/aromatic N) is 1. The van der Waals surface area contributed by atoms with Crippen LogP contribution in [0.2, 0.25) is 0 Å². The number of aromatic nitrogens is 1. The molecule has 0 saturated carbocycles. The number of ether oxygens (including phenoxy) is 1. The molecule has 3 aromatic rings. The van der Waals surface area contributed by atoms with Gasteiger partial charge in [0.2, 0.25) is 11.8 Å². The van der Waals surface area contributed by atoms with Gasteiger partial charge in [-0.1, -0.05) is 82.1 Å². The van der Waals surface area contributed by atoms with Crippen LogP contribution < -0.4 is 16.0 Å². The summed E-state index contributed by atoms with van der Waals surface area (Å²) in [6, 6.07) is 15.7. The summed E-state index contributed by atoms with van der Waals surface area (Å²) < 4.78 is 7.85. The first-order valence-corrected chi connectivity index (χ1v) is 15.5. The Morgan fingerprint density at radius 2 is 1.74 bits per heavy atom. The van der Waals surface area contributed by atoms with Crippen molar-refractivity contribution in [3.63, 3.8) is 0 Å². The number of para-hydroxylation sites is 1. The van der Waals surface area contributed by atoms with Gasteiger partial charge in [-0.25, -0.2) is 0 Å². The molecule has 0 saturated heterocycles. The molecule has 1 aromatic heterocycles. The quantitative estimate of drug-likeness (QED) is 0.300. The lowest BCUT2D eigenvalue weighted by Crippen LogP contribution is -2.56. The molecule has 4 rings (SSSR count). The summed E-state index contributed by atoms with van der Waals surface area (Å²) >= 11 is 0. The first-order valence-electron chi connectivity index (χ1n) is 15.5. The van der Waals surface area contributed by atoms with E-state index in [-0.39, 0.29) is 24.3 Å². The van der Waals surface area contributed by atoms with Crippen LogP contribution >= 0.6 is 0 Å². The molecule has 0 spiro atoms. The summed E-state index contributed by atoms with van der Waals surface area (Å²) in [5, 5.41) is 10.5. The molecule has 0 radical (unpaired) electrons. The fourth-order valence-electron chi connectivity index (χ4n) is 5.61. The van der Waals surface area contributed by atoms with Gasteiger partial charge in [0.1, 0.15) is 18.7 Å². The van der Waals surface area contributed by atoms with Crippen molar-refractivity contribution < 1.29 is 19.1 Å². The van der Waals surface area contributed by atoms with E-state index in [1.54, 1.807) is 0 Å². The second kappa shape index (κ2) is 15.5. The molecule has 2 heterocycles. The zero-order chi connectivity index (χ0) is 29.9. The van der Waals surface area contributed by atoms with Crippen molar-refractivity contribution in [1.29, 1.82) is 0 Å². The predicted molar refractivity (Wildman–Crippen MR) is 166 cm³/mol. The van der Waals surface area contributed by atoms with Gasteiger partial charge in [0, 0.05) is 36.6 Å². The zero-order valence-corrected chi connectivity index (χ0v) is 25.2. The van der Waals surface area contributed by atoms with E-state index in [1.165, 1.54) is 0 Å². The van der Waals surface area contributed by atoms with Crippen molar-refractivity contribution in [1.82, 2.24) is 20.5 Å². The average molecular weight is 575 g/mol. The van der Waals surface area contributed by atoms with Crippen molar-refractivity contribution in [3.05, 3.63) is 71.9 Å². The van der Waals surface area contributed by atoms with Crippen molar-refractivity contribution in [3.8, 4) is 0 Å². The van der Waals surface area contributed by atoms with Gasteiger partial charge in [0.25, 0.3) is 0 Å². The lowest BCUT2D eigenvalue weighted by molar-refractivity contribution is -0.148. The summed E-state index contributed by atoms with van der Waals surface area (Å²) in [4.78, 5) is 40.2. The van der Waals surface area contributed by atoms with Gasteiger partial charge < -0.3 is 19.9 Å². The molecule has 226 valence electrons. The number of fused-ring (bicyclic) bond motifs is 5. The summed E-state index contributed by atoms with van der Waals surface area (Å²) in [6.07, 6.45) is 7.64. The van der Waals surface area contributed by atoms with Crippen molar-refractivity contribution in [2.24, 2.45) is 5.92 Å². The van der Waals surface area contributed by atoms with Gasteiger partial charge in [-0.3, -0.25) is 19.7 Å². The molecule has 1 aliphatic heterocycles. The first kappa shape index (κ1) is 31.3. The number of aryl methyl sites for hydroxylation is 1. The number of hydrogen-bond donors (Lipinski definition) is 3. The maximum Gasteiger partial charge on any atom is 0.323 e. The minimum atomic E-state index is -0.737. The average Bonchev–Trinajstić information content (AvgIpc) is 3.34. The maximum atomic E-state index is 13.8. The molecule has 2 bridgehead atoms. The lowest BCUT2D eigenvalue weighted by atomic mass is 9.99. The second-order valence-corrected chi connectivity index (χ2v) is 11.7. The van der Waals surface area contributed by atoms with Gasteiger partial charge in [0.05, 0.1) is 6.04 Å². The molecule has 2 aromatic carbocycles. The number of carbonyl (C=O) groups excluding carboxylic acids is 3. The third-order valence-corrected chi connectivity index (χ3v) is 7.90. The Balaban J connectivity index is 1.51. The summed E-state index contributed by atoms with van der Waals surface area (Å²) in [7, 11) is 0. The Hall–Kier alpha value is -3.65. The van der Waals surface area contributed by atoms with Crippen molar-refractivity contribution >= 4 is 28.7 Å². The third-order valence-electron chi connectivity index (χ3n) is 7.90. The summed E-state index contributed by atoms with van der Waals surface area (Å²) in [5.41, 5.74) is 3.09.